The highest BCUT2D eigenvalue weighted by atomic mass is 32.2. The van der Waals surface area contributed by atoms with Crippen molar-refractivity contribution in [1.29, 1.82) is 0 Å². The molecule has 0 saturated carbocycles. The van der Waals surface area contributed by atoms with Gasteiger partial charge in [-0.3, -0.25) is 4.79 Å². The van der Waals surface area contributed by atoms with Gasteiger partial charge in [0, 0.05) is 12.6 Å². The molecule has 1 heterocycles. The summed E-state index contributed by atoms with van der Waals surface area (Å²) in [5, 5.41) is 0. The first kappa shape index (κ1) is 25.3. The van der Waals surface area contributed by atoms with Crippen molar-refractivity contribution in [2.24, 2.45) is 5.41 Å². The fraction of sp³-hybridized carbons (Fsp3) is 0.423. The number of hydrogen-bond donors (Lipinski definition) is 0. The molecule has 0 N–H and O–H groups in total. The monoisotopic (exact) mass is 453 g/mol. The van der Waals surface area contributed by atoms with Gasteiger partial charge in [0.2, 0.25) is 6.10 Å². The first-order valence-electron chi connectivity index (χ1n) is 10.7. The van der Waals surface area contributed by atoms with E-state index < -0.39 is 27.5 Å². The summed E-state index contributed by atoms with van der Waals surface area (Å²) in [5.41, 5.74) is 0.897. The number of carbonyl (C=O) groups is 1. The van der Waals surface area contributed by atoms with Gasteiger partial charge < -0.3 is 4.74 Å². The van der Waals surface area contributed by atoms with E-state index in [1.807, 2.05) is 6.92 Å². The van der Waals surface area contributed by atoms with Gasteiger partial charge in [-0.1, -0.05) is 48.8 Å². The third-order valence-corrected chi connectivity index (χ3v) is 6.41. The van der Waals surface area contributed by atoms with Crippen molar-refractivity contribution in [3.8, 4) is 23.7 Å². The molecule has 0 radical (unpaired) electrons. The maximum atomic E-state index is 13.5. The van der Waals surface area contributed by atoms with Gasteiger partial charge in [0.25, 0.3) is 10.0 Å². The van der Waals surface area contributed by atoms with Crippen molar-refractivity contribution >= 4 is 16.0 Å². The summed E-state index contributed by atoms with van der Waals surface area (Å²) in [6.07, 6.45) is 3.03. The van der Waals surface area contributed by atoms with Crippen LogP contribution in [0.3, 0.4) is 0 Å². The Bertz CT molecular complexity index is 1170. The second kappa shape index (κ2) is 10.6. The van der Waals surface area contributed by atoms with E-state index in [1.165, 1.54) is 6.20 Å². The second-order valence-electron chi connectivity index (χ2n) is 8.56. The minimum absolute atomic E-state index is 0.135. The molecular weight excluding hydrogens is 422 g/mol. The Morgan fingerprint density at radius 3 is 2.38 bits per heavy atom. The molecule has 0 saturated heterocycles. The SMILES string of the molecule is CC#CC(OC(=O)C(C)(C)C)c1c(C#CCCCC)ccn1S(=O)(=O)c1ccc(C)cc1. The second-order valence-corrected chi connectivity index (χ2v) is 10.4. The number of unbranched alkanes of at least 4 members (excludes halogenated alkanes) is 2. The predicted octanol–water partition coefficient (Wildman–Crippen LogP) is 5.23. The standard InChI is InChI=1S/C26H31NO4S/c1-7-9-10-11-13-21-18-19-27(32(29,30)22-16-14-20(3)15-17-22)24(21)23(12-8-2)31-25(28)26(4,5)6/h14-19,23H,7,9-10H2,1-6H3. The normalized spacial score (nSPS) is 12.2. The number of aryl methyl sites for hydroxylation is 1. The molecule has 1 aromatic carbocycles. The molecule has 0 bridgehead atoms. The van der Waals surface area contributed by atoms with Crippen LogP contribution in [0.5, 0.6) is 0 Å². The number of aromatic nitrogens is 1. The molecule has 0 fully saturated rings. The highest BCUT2D eigenvalue weighted by molar-refractivity contribution is 7.90. The lowest BCUT2D eigenvalue weighted by molar-refractivity contribution is -0.156. The van der Waals surface area contributed by atoms with Crippen LogP contribution in [-0.2, 0) is 19.6 Å². The average molecular weight is 454 g/mol. The molecule has 6 heteroatoms. The van der Waals surface area contributed by atoms with Crippen LogP contribution in [0.1, 0.15) is 76.8 Å². The molecule has 0 aliphatic carbocycles. The maximum absolute atomic E-state index is 13.5. The van der Waals surface area contributed by atoms with Crippen LogP contribution in [0.25, 0.3) is 0 Å². The third kappa shape index (κ3) is 6.05. The average Bonchev–Trinajstić information content (AvgIpc) is 3.15. The first-order chi connectivity index (χ1) is 15.0. The fourth-order valence-corrected chi connectivity index (χ4v) is 4.20. The Balaban J connectivity index is 2.67. The summed E-state index contributed by atoms with van der Waals surface area (Å²) in [7, 11) is -3.95. The van der Waals surface area contributed by atoms with Gasteiger partial charge in [0.15, 0.2) is 0 Å². The number of ether oxygens (including phenoxy) is 1. The van der Waals surface area contributed by atoms with Crippen LogP contribution in [0.4, 0.5) is 0 Å². The summed E-state index contributed by atoms with van der Waals surface area (Å²) in [6.45, 7) is 10.8. The van der Waals surface area contributed by atoms with Crippen LogP contribution in [0.15, 0.2) is 41.4 Å². The Hall–Kier alpha value is -2.96. The highest BCUT2D eigenvalue weighted by Crippen LogP contribution is 2.29. The van der Waals surface area contributed by atoms with Gasteiger partial charge >= 0.3 is 5.97 Å². The van der Waals surface area contributed by atoms with Gasteiger partial charge in [-0.15, -0.1) is 5.92 Å². The molecule has 1 unspecified atom stereocenters. The van der Waals surface area contributed by atoms with Crippen LogP contribution >= 0.6 is 0 Å². The smallest absolute Gasteiger partial charge is 0.312 e. The van der Waals surface area contributed by atoms with Crippen LogP contribution in [0.2, 0.25) is 0 Å². The van der Waals surface area contributed by atoms with E-state index in [0.29, 0.717) is 12.0 Å². The lowest BCUT2D eigenvalue weighted by Crippen LogP contribution is -2.27. The zero-order chi connectivity index (χ0) is 23.9. The van der Waals surface area contributed by atoms with Crippen molar-refractivity contribution in [2.75, 3.05) is 0 Å². The van der Waals surface area contributed by atoms with Crippen molar-refractivity contribution in [2.45, 2.75) is 71.8 Å². The Kier molecular flexibility index (Phi) is 8.36. The summed E-state index contributed by atoms with van der Waals surface area (Å²) >= 11 is 0. The van der Waals surface area contributed by atoms with E-state index in [1.54, 1.807) is 58.0 Å². The van der Waals surface area contributed by atoms with Gasteiger partial charge in [0.05, 0.1) is 15.9 Å². The number of esters is 1. The van der Waals surface area contributed by atoms with Gasteiger partial charge in [-0.05, 0) is 59.2 Å². The summed E-state index contributed by atoms with van der Waals surface area (Å²) in [6, 6.07) is 8.23. The summed E-state index contributed by atoms with van der Waals surface area (Å²) < 4.78 is 33.8. The van der Waals surface area contributed by atoms with E-state index in [0.717, 1.165) is 22.4 Å². The van der Waals surface area contributed by atoms with E-state index in [-0.39, 0.29) is 10.6 Å². The largest absolute Gasteiger partial charge is 0.442 e. The molecule has 0 aliphatic heterocycles. The predicted molar refractivity (Wildman–Crippen MR) is 126 cm³/mol. The molecule has 32 heavy (non-hydrogen) atoms. The number of rotatable bonds is 6. The van der Waals surface area contributed by atoms with E-state index in [2.05, 4.69) is 30.6 Å². The van der Waals surface area contributed by atoms with Crippen molar-refractivity contribution in [1.82, 2.24) is 3.97 Å². The van der Waals surface area contributed by atoms with E-state index in [4.69, 9.17) is 4.74 Å². The molecule has 2 aromatic rings. The molecule has 170 valence electrons. The number of carbonyl (C=O) groups excluding carboxylic acids is 1. The fourth-order valence-electron chi connectivity index (χ4n) is 2.81. The molecule has 0 amide bonds. The number of nitrogens with zero attached hydrogens (tertiary/aromatic N) is 1. The van der Waals surface area contributed by atoms with Crippen molar-refractivity contribution in [3.63, 3.8) is 0 Å². The molecule has 1 atom stereocenters. The molecular formula is C26H31NO4S. The Morgan fingerprint density at radius 2 is 1.81 bits per heavy atom. The zero-order valence-electron chi connectivity index (χ0n) is 19.7. The molecule has 0 aliphatic rings. The van der Waals surface area contributed by atoms with Gasteiger partial charge in [-0.2, -0.15) is 0 Å². The highest BCUT2D eigenvalue weighted by Gasteiger charge is 2.31. The van der Waals surface area contributed by atoms with Crippen LogP contribution in [0, 0.1) is 36.0 Å². The summed E-state index contributed by atoms with van der Waals surface area (Å²) in [4.78, 5) is 12.8. The minimum atomic E-state index is -3.95. The summed E-state index contributed by atoms with van der Waals surface area (Å²) in [5.74, 6) is 11.3. The Morgan fingerprint density at radius 1 is 1.16 bits per heavy atom. The lowest BCUT2D eigenvalue weighted by Gasteiger charge is -2.22. The van der Waals surface area contributed by atoms with Crippen LogP contribution < -0.4 is 0 Å². The van der Waals surface area contributed by atoms with Crippen molar-refractivity contribution < 1.29 is 17.9 Å². The van der Waals surface area contributed by atoms with Gasteiger partial charge in [0.1, 0.15) is 5.69 Å². The third-order valence-electron chi connectivity index (χ3n) is 4.71. The van der Waals surface area contributed by atoms with Crippen LogP contribution in [-0.4, -0.2) is 18.4 Å². The lowest BCUT2D eigenvalue weighted by atomic mass is 9.97. The molecule has 5 nitrogen and oxygen atoms in total. The molecule has 1 aromatic heterocycles. The molecule has 0 spiro atoms. The number of benzene rings is 1. The Labute approximate surface area is 192 Å². The first-order valence-corrected chi connectivity index (χ1v) is 12.1. The van der Waals surface area contributed by atoms with E-state index in [9.17, 15) is 13.2 Å². The van der Waals surface area contributed by atoms with E-state index >= 15 is 0 Å². The number of hydrogen-bond acceptors (Lipinski definition) is 4. The zero-order valence-corrected chi connectivity index (χ0v) is 20.5. The maximum Gasteiger partial charge on any atom is 0.312 e. The quantitative estimate of drug-likeness (QED) is 0.341. The van der Waals surface area contributed by atoms with Crippen molar-refractivity contribution in [3.05, 3.63) is 53.3 Å². The topological polar surface area (TPSA) is 65.4 Å². The minimum Gasteiger partial charge on any atom is -0.442 e. The van der Waals surface area contributed by atoms with Gasteiger partial charge in [-0.25, -0.2) is 12.4 Å². The molecule has 2 rings (SSSR count).